The van der Waals surface area contributed by atoms with Gasteiger partial charge in [0.15, 0.2) is 5.76 Å². The molecule has 116 valence electrons. The van der Waals surface area contributed by atoms with Crippen molar-refractivity contribution in [1.82, 2.24) is 0 Å². The molecule has 5 heteroatoms. The minimum absolute atomic E-state index is 0.206. The van der Waals surface area contributed by atoms with Gasteiger partial charge in [0.05, 0.1) is 12.5 Å². The van der Waals surface area contributed by atoms with Gasteiger partial charge in [-0.25, -0.2) is 0 Å². The van der Waals surface area contributed by atoms with Crippen LogP contribution in [0.15, 0.2) is 72.0 Å². The number of anilines is 1. The summed E-state index contributed by atoms with van der Waals surface area (Å²) in [5, 5.41) is 19.3. The van der Waals surface area contributed by atoms with E-state index < -0.39 is 23.7 Å². The number of nitrogens with zero attached hydrogens (tertiary/aromatic N) is 1. The van der Waals surface area contributed by atoms with Crippen molar-refractivity contribution in [2.75, 3.05) is 4.90 Å². The highest BCUT2D eigenvalue weighted by Crippen LogP contribution is 2.41. The van der Waals surface area contributed by atoms with Crippen LogP contribution in [0.3, 0.4) is 0 Å². The Morgan fingerprint density at radius 1 is 1.00 bits per heavy atom. The molecule has 0 saturated heterocycles. The summed E-state index contributed by atoms with van der Waals surface area (Å²) in [7, 11) is 0. The Labute approximate surface area is 133 Å². The van der Waals surface area contributed by atoms with Gasteiger partial charge in [0.25, 0.3) is 5.91 Å². The Kier molecular flexibility index (Phi) is 3.85. The number of carbonyl (C=O) groups is 2. The summed E-state index contributed by atoms with van der Waals surface area (Å²) in [5.74, 6) is -2.15. The van der Waals surface area contributed by atoms with Crippen LogP contribution in [0.25, 0.3) is 0 Å². The first-order valence-corrected chi connectivity index (χ1v) is 7.17. The molecule has 1 aliphatic rings. The van der Waals surface area contributed by atoms with Gasteiger partial charge in [0, 0.05) is 11.3 Å². The SMILES string of the molecule is O=C(O)CC1=C(O)C(=O)N(c2ccccc2)[C@H]1c1ccccc1. The first-order valence-electron chi connectivity index (χ1n) is 7.17. The molecule has 0 aromatic heterocycles. The number of aliphatic carboxylic acids is 1. The van der Waals surface area contributed by atoms with Gasteiger partial charge in [-0.15, -0.1) is 0 Å². The Morgan fingerprint density at radius 2 is 1.57 bits per heavy atom. The van der Waals surface area contributed by atoms with Crippen LogP contribution in [0.5, 0.6) is 0 Å². The van der Waals surface area contributed by atoms with E-state index >= 15 is 0 Å². The van der Waals surface area contributed by atoms with Crippen LogP contribution in [0.2, 0.25) is 0 Å². The fourth-order valence-corrected chi connectivity index (χ4v) is 2.84. The molecular weight excluding hydrogens is 294 g/mol. The lowest BCUT2D eigenvalue weighted by molar-refractivity contribution is -0.136. The fourth-order valence-electron chi connectivity index (χ4n) is 2.84. The molecular formula is C18H15NO4. The molecule has 2 aromatic carbocycles. The molecule has 3 rings (SSSR count). The summed E-state index contributed by atoms with van der Waals surface area (Å²) in [6, 6.07) is 17.4. The molecule has 0 bridgehead atoms. The molecule has 1 aliphatic heterocycles. The van der Waals surface area contributed by atoms with Crippen LogP contribution < -0.4 is 4.90 Å². The average molecular weight is 309 g/mol. The maximum absolute atomic E-state index is 12.5. The Hall–Kier alpha value is -3.08. The third kappa shape index (κ3) is 2.68. The lowest BCUT2D eigenvalue weighted by Crippen LogP contribution is -2.30. The number of carboxylic acid groups (broad SMARTS) is 1. The predicted molar refractivity (Wildman–Crippen MR) is 85.0 cm³/mol. The highest BCUT2D eigenvalue weighted by molar-refractivity contribution is 6.09. The number of hydrogen-bond donors (Lipinski definition) is 2. The largest absolute Gasteiger partial charge is 0.503 e. The molecule has 1 heterocycles. The molecule has 0 aliphatic carbocycles. The van der Waals surface area contributed by atoms with Crippen molar-refractivity contribution >= 4 is 17.6 Å². The maximum Gasteiger partial charge on any atom is 0.307 e. The summed E-state index contributed by atoms with van der Waals surface area (Å²) in [5.41, 5.74) is 1.57. The molecule has 23 heavy (non-hydrogen) atoms. The zero-order valence-electron chi connectivity index (χ0n) is 12.2. The molecule has 0 radical (unpaired) electrons. The minimum Gasteiger partial charge on any atom is -0.503 e. The molecule has 0 unspecified atom stereocenters. The first kappa shape index (κ1) is 14.8. The number of carboxylic acids is 1. The van der Waals surface area contributed by atoms with E-state index in [1.807, 2.05) is 36.4 Å². The summed E-state index contributed by atoms with van der Waals surface area (Å²) in [6.07, 6.45) is -0.388. The van der Waals surface area contributed by atoms with Gasteiger partial charge in [-0.1, -0.05) is 48.5 Å². The number of benzene rings is 2. The number of aliphatic hydroxyl groups is 1. The van der Waals surface area contributed by atoms with E-state index in [4.69, 9.17) is 5.11 Å². The van der Waals surface area contributed by atoms with Gasteiger partial charge in [0.2, 0.25) is 0 Å². The van der Waals surface area contributed by atoms with E-state index in [9.17, 15) is 14.7 Å². The molecule has 2 aromatic rings. The smallest absolute Gasteiger partial charge is 0.307 e. The summed E-state index contributed by atoms with van der Waals surface area (Å²) < 4.78 is 0. The van der Waals surface area contributed by atoms with Gasteiger partial charge in [-0.05, 0) is 17.7 Å². The van der Waals surface area contributed by atoms with Crippen molar-refractivity contribution < 1.29 is 19.8 Å². The second-order valence-corrected chi connectivity index (χ2v) is 5.27. The lowest BCUT2D eigenvalue weighted by Gasteiger charge is -2.27. The Balaban J connectivity index is 2.13. The molecule has 2 N–H and O–H groups in total. The third-order valence-electron chi connectivity index (χ3n) is 3.81. The van der Waals surface area contributed by atoms with E-state index in [0.29, 0.717) is 5.69 Å². The monoisotopic (exact) mass is 309 g/mol. The second kappa shape index (κ2) is 5.96. The summed E-state index contributed by atoms with van der Waals surface area (Å²) in [4.78, 5) is 25.1. The van der Waals surface area contributed by atoms with Crippen LogP contribution in [0.4, 0.5) is 5.69 Å². The molecule has 1 atom stereocenters. The van der Waals surface area contributed by atoms with Gasteiger partial charge >= 0.3 is 5.97 Å². The Bertz CT molecular complexity index is 768. The maximum atomic E-state index is 12.5. The van der Waals surface area contributed by atoms with Crippen LogP contribution in [0, 0.1) is 0 Å². The summed E-state index contributed by atoms with van der Waals surface area (Å²) in [6.45, 7) is 0. The topological polar surface area (TPSA) is 77.8 Å². The van der Waals surface area contributed by atoms with Gasteiger partial charge in [-0.2, -0.15) is 0 Å². The highest BCUT2D eigenvalue weighted by Gasteiger charge is 2.41. The van der Waals surface area contributed by atoms with Crippen LogP contribution in [0.1, 0.15) is 18.0 Å². The number of hydrogen-bond acceptors (Lipinski definition) is 3. The highest BCUT2D eigenvalue weighted by atomic mass is 16.4. The normalized spacial score (nSPS) is 17.7. The van der Waals surface area contributed by atoms with Crippen LogP contribution in [-0.4, -0.2) is 22.1 Å². The van der Waals surface area contributed by atoms with Crippen molar-refractivity contribution in [3.05, 3.63) is 77.6 Å². The van der Waals surface area contributed by atoms with Crippen molar-refractivity contribution in [2.24, 2.45) is 0 Å². The van der Waals surface area contributed by atoms with E-state index in [1.54, 1.807) is 24.3 Å². The van der Waals surface area contributed by atoms with Crippen molar-refractivity contribution in [2.45, 2.75) is 12.5 Å². The molecule has 0 spiro atoms. The van der Waals surface area contributed by atoms with E-state index in [2.05, 4.69) is 0 Å². The van der Waals surface area contributed by atoms with Crippen LogP contribution >= 0.6 is 0 Å². The Morgan fingerprint density at radius 3 is 2.13 bits per heavy atom. The standard InChI is InChI=1S/C18H15NO4/c20-15(21)11-14-16(12-7-3-1-4-8-12)19(18(23)17(14)22)13-9-5-2-6-10-13/h1-10,16,22H,11H2,(H,20,21)/t16-/m0/s1. The van der Waals surface area contributed by atoms with Gasteiger partial charge < -0.3 is 10.2 Å². The van der Waals surface area contributed by atoms with Crippen molar-refractivity contribution in [3.8, 4) is 0 Å². The van der Waals surface area contributed by atoms with E-state index in [0.717, 1.165) is 5.56 Å². The number of aliphatic hydroxyl groups excluding tert-OH is 1. The van der Waals surface area contributed by atoms with Crippen molar-refractivity contribution in [1.29, 1.82) is 0 Å². The molecule has 0 fully saturated rings. The number of amides is 1. The number of carbonyl (C=O) groups excluding carboxylic acids is 1. The minimum atomic E-state index is -1.09. The molecule has 5 nitrogen and oxygen atoms in total. The van der Waals surface area contributed by atoms with Crippen molar-refractivity contribution in [3.63, 3.8) is 0 Å². The quantitative estimate of drug-likeness (QED) is 0.910. The van der Waals surface area contributed by atoms with Gasteiger partial charge in [0.1, 0.15) is 0 Å². The van der Waals surface area contributed by atoms with E-state index in [-0.39, 0.29) is 12.0 Å². The summed E-state index contributed by atoms with van der Waals surface area (Å²) >= 11 is 0. The third-order valence-corrected chi connectivity index (χ3v) is 3.81. The van der Waals surface area contributed by atoms with Crippen LogP contribution in [-0.2, 0) is 9.59 Å². The fraction of sp³-hybridized carbons (Fsp3) is 0.111. The van der Waals surface area contributed by atoms with Gasteiger partial charge in [-0.3, -0.25) is 14.5 Å². The zero-order valence-corrected chi connectivity index (χ0v) is 12.2. The predicted octanol–water partition coefficient (Wildman–Crippen LogP) is 3.06. The number of para-hydroxylation sites is 1. The van der Waals surface area contributed by atoms with E-state index in [1.165, 1.54) is 4.90 Å². The molecule has 0 saturated carbocycles. The lowest BCUT2D eigenvalue weighted by atomic mass is 9.96. The average Bonchev–Trinajstić information content (AvgIpc) is 2.81. The molecule has 1 amide bonds. The first-order chi connectivity index (χ1) is 11.1. The zero-order chi connectivity index (χ0) is 16.4. The second-order valence-electron chi connectivity index (χ2n) is 5.27. The number of rotatable bonds is 4.